The van der Waals surface area contributed by atoms with E-state index in [0.29, 0.717) is 11.8 Å². The minimum Gasteiger partial charge on any atom is -0.423 e. The monoisotopic (exact) mass is 196 g/mol. The molecule has 0 bridgehead atoms. The lowest BCUT2D eigenvalue weighted by Crippen LogP contribution is -2.32. The van der Waals surface area contributed by atoms with Gasteiger partial charge in [0.2, 0.25) is 0 Å². The molecule has 0 saturated carbocycles. The Kier molecular flexibility index (Phi) is 3.53. The summed E-state index contributed by atoms with van der Waals surface area (Å²) in [5.74, 6) is 0. The van der Waals surface area contributed by atoms with Crippen LogP contribution < -0.4 is 5.46 Å². The topological polar surface area (TPSA) is 57.5 Å². The van der Waals surface area contributed by atoms with E-state index in [1.165, 1.54) is 11.8 Å². The molecule has 0 amide bonds. The minimum atomic E-state index is -1.59. The smallest absolute Gasteiger partial charge is 0.423 e. The number of carbonyl (C=O) groups excluding carboxylic acids is 1. The second kappa shape index (κ2) is 4.46. The van der Waals surface area contributed by atoms with Gasteiger partial charge in [-0.3, -0.25) is 4.79 Å². The van der Waals surface area contributed by atoms with E-state index in [9.17, 15) is 4.79 Å². The standard InChI is InChI=1S/C8H9BO3S/c1-13-7-2-3-8(9(11)12)6(4-7)5-10/h2-5,11-12H,1H3. The molecule has 13 heavy (non-hydrogen) atoms. The molecule has 0 aliphatic rings. The first-order valence-electron chi connectivity index (χ1n) is 3.68. The van der Waals surface area contributed by atoms with Crippen LogP contribution in [0.1, 0.15) is 10.4 Å². The average Bonchev–Trinajstić information content (AvgIpc) is 2.16. The van der Waals surface area contributed by atoms with Crippen LogP contribution in [0.2, 0.25) is 0 Å². The van der Waals surface area contributed by atoms with E-state index in [-0.39, 0.29) is 5.46 Å². The van der Waals surface area contributed by atoms with Gasteiger partial charge in [-0.25, -0.2) is 0 Å². The van der Waals surface area contributed by atoms with Gasteiger partial charge in [-0.05, 0) is 23.9 Å². The summed E-state index contributed by atoms with van der Waals surface area (Å²) < 4.78 is 0. The van der Waals surface area contributed by atoms with Crippen molar-refractivity contribution in [2.24, 2.45) is 0 Å². The second-order valence-corrected chi connectivity index (χ2v) is 3.37. The second-order valence-electron chi connectivity index (χ2n) is 2.49. The SMILES string of the molecule is CSc1ccc(B(O)O)c(C=O)c1. The molecule has 1 aromatic rings. The highest BCUT2D eigenvalue weighted by Crippen LogP contribution is 2.13. The van der Waals surface area contributed by atoms with Crippen molar-refractivity contribution in [3.05, 3.63) is 23.8 Å². The van der Waals surface area contributed by atoms with E-state index in [1.54, 1.807) is 18.2 Å². The van der Waals surface area contributed by atoms with Crippen LogP contribution in [-0.4, -0.2) is 29.7 Å². The van der Waals surface area contributed by atoms with E-state index in [0.717, 1.165) is 4.90 Å². The lowest BCUT2D eigenvalue weighted by Gasteiger charge is -2.04. The Balaban J connectivity index is 3.15. The quantitative estimate of drug-likeness (QED) is 0.402. The van der Waals surface area contributed by atoms with Crippen LogP contribution in [0.15, 0.2) is 23.1 Å². The summed E-state index contributed by atoms with van der Waals surface area (Å²) in [5.41, 5.74) is 0.564. The van der Waals surface area contributed by atoms with Gasteiger partial charge >= 0.3 is 7.12 Å². The van der Waals surface area contributed by atoms with Gasteiger partial charge < -0.3 is 10.0 Å². The highest BCUT2D eigenvalue weighted by atomic mass is 32.2. The molecule has 68 valence electrons. The summed E-state index contributed by atoms with van der Waals surface area (Å²) in [5, 5.41) is 17.8. The number of hydrogen-bond acceptors (Lipinski definition) is 4. The van der Waals surface area contributed by atoms with Gasteiger partial charge in [0, 0.05) is 10.5 Å². The fourth-order valence-corrected chi connectivity index (χ4v) is 1.47. The summed E-state index contributed by atoms with van der Waals surface area (Å²) in [6.45, 7) is 0. The number of aldehydes is 1. The normalized spacial score (nSPS) is 9.77. The molecule has 2 N–H and O–H groups in total. The maximum absolute atomic E-state index is 10.6. The molecule has 0 aliphatic carbocycles. The molecule has 0 unspecified atom stereocenters. The molecule has 1 aromatic carbocycles. The van der Waals surface area contributed by atoms with Crippen LogP contribution in [-0.2, 0) is 0 Å². The zero-order valence-corrected chi connectivity index (χ0v) is 7.91. The van der Waals surface area contributed by atoms with Crippen LogP contribution >= 0.6 is 11.8 Å². The Morgan fingerprint density at radius 3 is 2.62 bits per heavy atom. The van der Waals surface area contributed by atoms with Crippen LogP contribution in [0.5, 0.6) is 0 Å². The molecular formula is C8H9BO3S. The summed E-state index contributed by atoms with van der Waals surface area (Å²) in [6, 6.07) is 4.92. The zero-order valence-electron chi connectivity index (χ0n) is 7.10. The first kappa shape index (κ1) is 10.3. The van der Waals surface area contributed by atoms with Crippen LogP contribution in [0, 0.1) is 0 Å². The molecule has 1 rings (SSSR count). The molecule has 0 aliphatic heterocycles. The Morgan fingerprint density at radius 2 is 2.15 bits per heavy atom. The third-order valence-corrected chi connectivity index (χ3v) is 2.42. The molecule has 0 spiro atoms. The van der Waals surface area contributed by atoms with Crippen molar-refractivity contribution < 1.29 is 14.8 Å². The van der Waals surface area contributed by atoms with E-state index >= 15 is 0 Å². The number of rotatable bonds is 3. The Hall–Kier alpha value is -0.775. The molecule has 0 aromatic heterocycles. The van der Waals surface area contributed by atoms with Crippen LogP contribution in [0.25, 0.3) is 0 Å². The summed E-state index contributed by atoms with van der Waals surface area (Å²) >= 11 is 1.50. The Bertz CT molecular complexity index is 314. The minimum absolute atomic E-state index is 0.243. The van der Waals surface area contributed by atoms with Gasteiger partial charge in [-0.1, -0.05) is 6.07 Å². The fourth-order valence-electron chi connectivity index (χ4n) is 1.02. The molecule has 0 saturated heterocycles. The highest BCUT2D eigenvalue weighted by molar-refractivity contribution is 7.98. The van der Waals surface area contributed by atoms with Crippen LogP contribution in [0.3, 0.4) is 0 Å². The molecule has 0 atom stereocenters. The number of benzene rings is 1. The van der Waals surface area contributed by atoms with Crippen LogP contribution in [0.4, 0.5) is 0 Å². The van der Waals surface area contributed by atoms with Crippen molar-refractivity contribution in [1.82, 2.24) is 0 Å². The molecule has 3 nitrogen and oxygen atoms in total. The summed E-state index contributed by atoms with van der Waals surface area (Å²) in [4.78, 5) is 11.5. The van der Waals surface area contributed by atoms with Crippen molar-refractivity contribution >= 4 is 30.6 Å². The fraction of sp³-hybridized carbons (Fsp3) is 0.125. The van der Waals surface area contributed by atoms with Crippen molar-refractivity contribution in [3.8, 4) is 0 Å². The predicted octanol–water partition coefficient (Wildman–Crippen LogP) is -0.0992. The third-order valence-electron chi connectivity index (χ3n) is 1.70. The maximum atomic E-state index is 10.6. The molecular weight excluding hydrogens is 187 g/mol. The molecule has 0 radical (unpaired) electrons. The predicted molar refractivity (Wildman–Crippen MR) is 53.4 cm³/mol. The molecule has 0 fully saturated rings. The van der Waals surface area contributed by atoms with Gasteiger partial charge in [0.15, 0.2) is 0 Å². The van der Waals surface area contributed by atoms with E-state index in [1.807, 2.05) is 6.26 Å². The number of hydrogen-bond donors (Lipinski definition) is 2. The Morgan fingerprint density at radius 1 is 1.46 bits per heavy atom. The average molecular weight is 196 g/mol. The largest absolute Gasteiger partial charge is 0.489 e. The van der Waals surface area contributed by atoms with Gasteiger partial charge in [0.1, 0.15) is 6.29 Å². The summed E-state index contributed by atoms with van der Waals surface area (Å²) in [7, 11) is -1.59. The maximum Gasteiger partial charge on any atom is 0.489 e. The van der Waals surface area contributed by atoms with Gasteiger partial charge in [0.25, 0.3) is 0 Å². The lowest BCUT2D eigenvalue weighted by atomic mass is 9.77. The van der Waals surface area contributed by atoms with Gasteiger partial charge in [-0.2, -0.15) is 0 Å². The van der Waals surface area contributed by atoms with E-state index < -0.39 is 7.12 Å². The molecule has 0 heterocycles. The first-order chi connectivity index (χ1) is 6.19. The van der Waals surface area contributed by atoms with E-state index in [4.69, 9.17) is 10.0 Å². The number of thioether (sulfide) groups is 1. The Labute approximate surface area is 80.9 Å². The van der Waals surface area contributed by atoms with Gasteiger partial charge in [0.05, 0.1) is 0 Å². The number of carbonyl (C=O) groups is 1. The van der Waals surface area contributed by atoms with Crippen molar-refractivity contribution in [2.45, 2.75) is 4.90 Å². The lowest BCUT2D eigenvalue weighted by molar-refractivity contribution is 0.112. The van der Waals surface area contributed by atoms with Crippen molar-refractivity contribution in [2.75, 3.05) is 6.26 Å². The van der Waals surface area contributed by atoms with Gasteiger partial charge in [-0.15, -0.1) is 11.8 Å². The van der Waals surface area contributed by atoms with E-state index in [2.05, 4.69) is 0 Å². The summed E-state index contributed by atoms with van der Waals surface area (Å²) in [6.07, 6.45) is 2.51. The molecule has 5 heteroatoms. The van der Waals surface area contributed by atoms with Crippen molar-refractivity contribution in [3.63, 3.8) is 0 Å². The first-order valence-corrected chi connectivity index (χ1v) is 4.90. The van der Waals surface area contributed by atoms with Crippen molar-refractivity contribution in [1.29, 1.82) is 0 Å². The highest BCUT2D eigenvalue weighted by Gasteiger charge is 2.15. The third kappa shape index (κ3) is 2.34. The zero-order chi connectivity index (χ0) is 9.84.